The van der Waals surface area contributed by atoms with E-state index < -0.39 is 0 Å². The Labute approximate surface area is 115 Å². The highest BCUT2D eigenvalue weighted by Crippen LogP contribution is 2.14. The number of hydrogen-bond acceptors (Lipinski definition) is 2. The summed E-state index contributed by atoms with van der Waals surface area (Å²) < 4.78 is 0. The van der Waals surface area contributed by atoms with Crippen LogP contribution < -0.4 is 5.32 Å². The molecule has 108 valence electrons. The molecule has 0 aliphatic carbocycles. The van der Waals surface area contributed by atoms with Crippen molar-refractivity contribution < 1.29 is 0 Å². The van der Waals surface area contributed by atoms with Gasteiger partial charge in [-0.15, -0.1) is 0 Å². The van der Waals surface area contributed by atoms with Crippen LogP contribution in [0.25, 0.3) is 0 Å². The highest BCUT2D eigenvalue weighted by molar-refractivity contribution is 4.79. The van der Waals surface area contributed by atoms with Crippen molar-refractivity contribution in [3.8, 4) is 0 Å². The van der Waals surface area contributed by atoms with Crippen molar-refractivity contribution in [2.45, 2.75) is 77.7 Å². The predicted octanol–water partition coefficient (Wildman–Crippen LogP) is 3.81. The molecule has 0 aromatic carbocycles. The second kappa shape index (κ2) is 10.8. The summed E-state index contributed by atoms with van der Waals surface area (Å²) in [6, 6.07) is 0.817. The molecule has 1 unspecified atom stereocenters. The summed E-state index contributed by atoms with van der Waals surface area (Å²) in [6.45, 7) is 9.60. The molecule has 2 nitrogen and oxygen atoms in total. The van der Waals surface area contributed by atoms with E-state index in [1.807, 2.05) is 0 Å². The van der Waals surface area contributed by atoms with Gasteiger partial charge in [-0.1, -0.05) is 58.8 Å². The Hall–Kier alpha value is -0.0800. The lowest BCUT2D eigenvalue weighted by Crippen LogP contribution is -2.51. The molecule has 0 bridgehead atoms. The highest BCUT2D eigenvalue weighted by atomic mass is 15.2. The van der Waals surface area contributed by atoms with Crippen LogP contribution in [-0.4, -0.2) is 37.1 Å². The molecule has 1 N–H and O–H groups in total. The Bertz CT molecular complexity index is 162. The molecular formula is C16H34N2. The van der Waals surface area contributed by atoms with Crippen molar-refractivity contribution in [1.82, 2.24) is 10.2 Å². The minimum Gasteiger partial charge on any atom is -0.314 e. The van der Waals surface area contributed by atoms with Crippen molar-refractivity contribution in [3.63, 3.8) is 0 Å². The average molecular weight is 254 g/mol. The van der Waals surface area contributed by atoms with E-state index in [0.717, 1.165) is 6.04 Å². The Morgan fingerprint density at radius 1 is 0.944 bits per heavy atom. The number of nitrogens with zero attached hydrogens (tertiary/aromatic N) is 1. The van der Waals surface area contributed by atoms with Gasteiger partial charge in [-0.25, -0.2) is 0 Å². The van der Waals surface area contributed by atoms with Gasteiger partial charge in [0.05, 0.1) is 0 Å². The van der Waals surface area contributed by atoms with Gasteiger partial charge in [0.2, 0.25) is 0 Å². The fourth-order valence-electron chi connectivity index (χ4n) is 2.93. The van der Waals surface area contributed by atoms with Gasteiger partial charge in [-0.2, -0.15) is 0 Å². The van der Waals surface area contributed by atoms with Crippen molar-refractivity contribution in [2.75, 3.05) is 26.2 Å². The lowest BCUT2D eigenvalue weighted by Gasteiger charge is -2.36. The minimum absolute atomic E-state index is 0.817. The van der Waals surface area contributed by atoms with Crippen molar-refractivity contribution >= 4 is 0 Å². The van der Waals surface area contributed by atoms with E-state index in [1.54, 1.807) is 0 Å². The van der Waals surface area contributed by atoms with Crippen LogP contribution in [0.3, 0.4) is 0 Å². The summed E-state index contributed by atoms with van der Waals surface area (Å²) in [7, 11) is 0. The molecule has 1 fully saturated rings. The zero-order valence-electron chi connectivity index (χ0n) is 12.7. The molecule has 0 aromatic heterocycles. The summed E-state index contributed by atoms with van der Waals surface area (Å²) in [6.07, 6.45) is 12.6. The van der Waals surface area contributed by atoms with Crippen LogP contribution in [0.4, 0.5) is 0 Å². The maximum Gasteiger partial charge on any atom is 0.0221 e. The lowest BCUT2D eigenvalue weighted by atomic mass is 10.0. The maximum absolute atomic E-state index is 3.57. The van der Waals surface area contributed by atoms with Crippen molar-refractivity contribution in [3.05, 3.63) is 0 Å². The number of rotatable bonds is 10. The molecule has 0 aromatic rings. The summed E-state index contributed by atoms with van der Waals surface area (Å²) in [5, 5.41) is 3.57. The van der Waals surface area contributed by atoms with Crippen molar-refractivity contribution in [2.24, 2.45) is 0 Å². The van der Waals surface area contributed by atoms with E-state index in [0.29, 0.717) is 0 Å². The number of piperazine rings is 1. The van der Waals surface area contributed by atoms with Crippen LogP contribution in [0.2, 0.25) is 0 Å². The normalized spacial score (nSPS) is 21.3. The smallest absolute Gasteiger partial charge is 0.0221 e. The fourth-order valence-corrected chi connectivity index (χ4v) is 2.93. The molecule has 1 rings (SSSR count). The molecule has 0 amide bonds. The van der Waals surface area contributed by atoms with Gasteiger partial charge in [0, 0.05) is 25.7 Å². The molecule has 0 saturated carbocycles. The Balaban J connectivity index is 2.15. The lowest BCUT2D eigenvalue weighted by molar-refractivity contribution is 0.147. The average Bonchev–Trinajstić information content (AvgIpc) is 2.41. The minimum atomic E-state index is 0.817. The molecule has 0 radical (unpaired) electrons. The summed E-state index contributed by atoms with van der Waals surface area (Å²) in [5.41, 5.74) is 0. The largest absolute Gasteiger partial charge is 0.314 e. The number of hydrogen-bond donors (Lipinski definition) is 1. The quantitative estimate of drug-likeness (QED) is 0.596. The molecule has 1 atom stereocenters. The molecule has 18 heavy (non-hydrogen) atoms. The molecule has 1 aliphatic rings. The van der Waals surface area contributed by atoms with Crippen LogP contribution in [0.15, 0.2) is 0 Å². The van der Waals surface area contributed by atoms with Gasteiger partial charge in [0.1, 0.15) is 0 Å². The van der Waals surface area contributed by atoms with E-state index in [4.69, 9.17) is 0 Å². The van der Waals surface area contributed by atoms with Gasteiger partial charge in [0.25, 0.3) is 0 Å². The molecule has 2 heteroatoms. The topological polar surface area (TPSA) is 15.3 Å². The third-order valence-corrected chi connectivity index (χ3v) is 4.16. The number of unbranched alkanes of at least 4 members (excludes halogenated alkanes) is 6. The molecule has 1 aliphatic heterocycles. The maximum atomic E-state index is 3.57. The van der Waals surface area contributed by atoms with E-state index >= 15 is 0 Å². The zero-order valence-corrected chi connectivity index (χ0v) is 12.7. The van der Waals surface area contributed by atoms with Gasteiger partial charge in [-0.3, -0.25) is 4.90 Å². The molecule has 1 saturated heterocycles. The van der Waals surface area contributed by atoms with Crippen LogP contribution >= 0.6 is 0 Å². The molecule has 0 spiro atoms. The van der Waals surface area contributed by atoms with E-state index in [-0.39, 0.29) is 0 Å². The molecule has 1 heterocycles. The first-order valence-electron chi connectivity index (χ1n) is 8.33. The standard InChI is InChI=1S/C16H34N2/c1-3-5-7-9-11-16-15-17-12-14-18(16)13-10-8-6-4-2/h16-17H,3-15H2,1-2H3. The zero-order chi connectivity index (χ0) is 13.1. The first kappa shape index (κ1) is 16.0. The monoisotopic (exact) mass is 254 g/mol. The molecular weight excluding hydrogens is 220 g/mol. The van der Waals surface area contributed by atoms with Crippen molar-refractivity contribution in [1.29, 1.82) is 0 Å². The highest BCUT2D eigenvalue weighted by Gasteiger charge is 2.20. The second-order valence-corrected chi connectivity index (χ2v) is 5.80. The van der Waals surface area contributed by atoms with Crippen LogP contribution in [0.5, 0.6) is 0 Å². The number of nitrogens with one attached hydrogen (secondary N) is 1. The SMILES string of the molecule is CCCCCCC1CNCCN1CCCCCC. The van der Waals surface area contributed by atoms with Gasteiger partial charge < -0.3 is 5.32 Å². The van der Waals surface area contributed by atoms with Crippen LogP contribution in [0, 0.1) is 0 Å². The third-order valence-electron chi connectivity index (χ3n) is 4.16. The Kier molecular flexibility index (Phi) is 9.59. The Morgan fingerprint density at radius 3 is 2.39 bits per heavy atom. The van der Waals surface area contributed by atoms with Gasteiger partial charge >= 0.3 is 0 Å². The predicted molar refractivity (Wildman–Crippen MR) is 81.1 cm³/mol. The van der Waals surface area contributed by atoms with E-state index in [1.165, 1.54) is 84.0 Å². The van der Waals surface area contributed by atoms with Gasteiger partial charge in [0.15, 0.2) is 0 Å². The summed E-state index contributed by atoms with van der Waals surface area (Å²) >= 11 is 0. The van der Waals surface area contributed by atoms with Crippen LogP contribution in [-0.2, 0) is 0 Å². The van der Waals surface area contributed by atoms with E-state index in [2.05, 4.69) is 24.1 Å². The fraction of sp³-hybridized carbons (Fsp3) is 1.00. The van der Waals surface area contributed by atoms with Gasteiger partial charge in [-0.05, 0) is 19.4 Å². The first-order valence-corrected chi connectivity index (χ1v) is 8.33. The Morgan fingerprint density at radius 2 is 1.67 bits per heavy atom. The second-order valence-electron chi connectivity index (χ2n) is 5.80. The van der Waals surface area contributed by atoms with E-state index in [9.17, 15) is 0 Å². The third kappa shape index (κ3) is 6.75. The summed E-state index contributed by atoms with van der Waals surface area (Å²) in [5.74, 6) is 0. The summed E-state index contributed by atoms with van der Waals surface area (Å²) in [4.78, 5) is 2.75. The van der Waals surface area contributed by atoms with Crippen LogP contribution in [0.1, 0.15) is 71.6 Å². The first-order chi connectivity index (χ1) is 8.88.